The van der Waals surface area contributed by atoms with E-state index in [2.05, 4.69) is 24.0 Å². The maximum Gasteiger partial charge on any atom is 0.336 e. The van der Waals surface area contributed by atoms with Crippen LogP contribution in [0.4, 0.5) is 0 Å². The zero-order chi connectivity index (χ0) is 17.6. The van der Waals surface area contributed by atoms with Crippen LogP contribution >= 0.6 is 24.8 Å². The Morgan fingerprint density at radius 1 is 1.19 bits per heavy atom. The van der Waals surface area contributed by atoms with E-state index in [0.717, 1.165) is 55.4 Å². The molecule has 4 rings (SSSR count). The number of fused-ring (bicyclic) bond motifs is 1. The average Bonchev–Trinajstić information content (AvgIpc) is 2.92. The molecule has 1 spiro atoms. The average molecular weight is 415 g/mol. The minimum Gasteiger partial charge on any atom is -0.422 e. The zero-order valence-corrected chi connectivity index (χ0v) is 17.5. The molecule has 1 unspecified atom stereocenters. The summed E-state index contributed by atoms with van der Waals surface area (Å²) in [6.07, 6.45) is 2.99. The van der Waals surface area contributed by atoms with Crippen molar-refractivity contribution in [3.63, 3.8) is 0 Å². The van der Waals surface area contributed by atoms with Gasteiger partial charge >= 0.3 is 5.63 Å². The van der Waals surface area contributed by atoms with Gasteiger partial charge in [0.2, 0.25) is 0 Å². The summed E-state index contributed by atoms with van der Waals surface area (Å²) in [4.78, 5) is 14.4. The number of rotatable bonds is 2. The van der Waals surface area contributed by atoms with Crippen molar-refractivity contribution in [2.24, 2.45) is 5.73 Å². The molecule has 150 valence electrons. The van der Waals surface area contributed by atoms with Gasteiger partial charge in [0, 0.05) is 37.1 Å². The molecule has 2 aliphatic heterocycles. The number of nitrogens with zero attached hydrogens (tertiary/aromatic N) is 1. The van der Waals surface area contributed by atoms with Gasteiger partial charge in [-0.2, -0.15) is 0 Å². The van der Waals surface area contributed by atoms with E-state index in [1.54, 1.807) is 6.07 Å². The standard InChI is InChI=1S/C20H26N2O3.2ClH/c1-13-7-14(2)19-17(8-13)15(9-18(23)25-19)11-22-5-3-20(4-6-22)10-16(21)12-24-20;;/h7-9,16H,3-6,10-12,21H2,1-2H3;2*1H. The third kappa shape index (κ3) is 4.49. The SMILES string of the molecule is Cc1cc(C)c2oc(=O)cc(CN3CCC4(CC3)CC(N)CO4)c2c1.Cl.Cl. The summed E-state index contributed by atoms with van der Waals surface area (Å²) in [6, 6.07) is 6.00. The molecular formula is C20H28Cl2N2O3. The molecule has 1 aromatic carbocycles. The van der Waals surface area contributed by atoms with E-state index >= 15 is 0 Å². The second-order valence-corrected chi connectivity index (χ2v) is 7.78. The lowest BCUT2D eigenvalue weighted by molar-refractivity contribution is -0.0448. The number of nitrogens with two attached hydrogens (primary N) is 1. The third-order valence-electron chi connectivity index (χ3n) is 5.66. The number of hydrogen-bond acceptors (Lipinski definition) is 5. The van der Waals surface area contributed by atoms with Crippen LogP contribution in [0.25, 0.3) is 11.0 Å². The first-order chi connectivity index (χ1) is 11.9. The van der Waals surface area contributed by atoms with E-state index < -0.39 is 0 Å². The zero-order valence-electron chi connectivity index (χ0n) is 15.8. The fraction of sp³-hybridized carbons (Fsp3) is 0.550. The van der Waals surface area contributed by atoms with Crippen LogP contribution in [0, 0.1) is 13.8 Å². The lowest BCUT2D eigenvalue weighted by atomic mass is 9.87. The molecule has 2 saturated heterocycles. The van der Waals surface area contributed by atoms with Gasteiger partial charge in [-0.25, -0.2) is 4.79 Å². The lowest BCUT2D eigenvalue weighted by Crippen LogP contribution is -2.44. The van der Waals surface area contributed by atoms with Gasteiger partial charge in [0.1, 0.15) is 5.58 Å². The molecule has 0 amide bonds. The number of piperidine rings is 1. The fourth-order valence-corrected chi connectivity index (χ4v) is 4.40. The van der Waals surface area contributed by atoms with Crippen LogP contribution in [0.2, 0.25) is 0 Å². The Balaban J connectivity index is 0.00000131. The highest BCUT2D eigenvalue weighted by Crippen LogP contribution is 2.36. The van der Waals surface area contributed by atoms with Crippen molar-refractivity contribution in [3.8, 4) is 0 Å². The molecule has 7 heteroatoms. The van der Waals surface area contributed by atoms with Crippen molar-refractivity contribution in [1.29, 1.82) is 0 Å². The Morgan fingerprint density at radius 2 is 1.89 bits per heavy atom. The van der Waals surface area contributed by atoms with Crippen LogP contribution in [0.1, 0.15) is 36.0 Å². The van der Waals surface area contributed by atoms with E-state index in [1.165, 1.54) is 5.56 Å². The molecule has 2 fully saturated rings. The number of benzene rings is 1. The molecule has 27 heavy (non-hydrogen) atoms. The maximum absolute atomic E-state index is 12.0. The number of halogens is 2. The highest BCUT2D eigenvalue weighted by Gasteiger charge is 2.41. The molecule has 2 aliphatic rings. The van der Waals surface area contributed by atoms with Crippen LogP contribution in [0.3, 0.4) is 0 Å². The monoisotopic (exact) mass is 414 g/mol. The van der Waals surface area contributed by atoms with E-state index in [9.17, 15) is 4.79 Å². The second kappa shape index (κ2) is 8.50. The first kappa shape index (κ1) is 22.2. The topological polar surface area (TPSA) is 68.7 Å². The van der Waals surface area contributed by atoms with Crippen LogP contribution in [-0.2, 0) is 11.3 Å². The molecule has 5 nitrogen and oxygen atoms in total. The predicted molar refractivity (Wildman–Crippen MR) is 112 cm³/mol. The molecule has 1 aromatic heterocycles. The van der Waals surface area contributed by atoms with Crippen LogP contribution in [0.15, 0.2) is 27.4 Å². The first-order valence-electron chi connectivity index (χ1n) is 9.10. The normalized spacial score (nSPS) is 21.8. The van der Waals surface area contributed by atoms with E-state index in [4.69, 9.17) is 14.9 Å². The third-order valence-corrected chi connectivity index (χ3v) is 5.66. The second-order valence-electron chi connectivity index (χ2n) is 7.78. The number of hydrogen-bond donors (Lipinski definition) is 1. The van der Waals surface area contributed by atoms with Crippen LogP contribution < -0.4 is 11.4 Å². The van der Waals surface area contributed by atoms with Crippen molar-refractivity contribution in [3.05, 3.63) is 45.3 Å². The van der Waals surface area contributed by atoms with Gasteiger partial charge in [-0.05, 0) is 55.9 Å². The highest BCUT2D eigenvalue weighted by atomic mass is 35.5. The Hall–Kier alpha value is -1.11. The van der Waals surface area contributed by atoms with Gasteiger partial charge in [0.25, 0.3) is 0 Å². The molecule has 2 N–H and O–H groups in total. The van der Waals surface area contributed by atoms with Gasteiger partial charge in [-0.1, -0.05) is 6.07 Å². The largest absolute Gasteiger partial charge is 0.422 e. The Morgan fingerprint density at radius 3 is 2.52 bits per heavy atom. The summed E-state index contributed by atoms with van der Waals surface area (Å²) in [5.74, 6) is 0. The summed E-state index contributed by atoms with van der Waals surface area (Å²) >= 11 is 0. The number of likely N-dealkylation sites (tertiary alicyclic amines) is 1. The molecule has 0 radical (unpaired) electrons. The van der Waals surface area contributed by atoms with Crippen molar-refractivity contribution >= 4 is 35.8 Å². The molecular weight excluding hydrogens is 387 g/mol. The number of aryl methyl sites for hydroxylation is 2. The summed E-state index contributed by atoms with van der Waals surface area (Å²) in [5.41, 5.74) is 9.71. The fourth-order valence-electron chi connectivity index (χ4n) is 4.40. The summed E-state index contributed by atoms with van der Waals surface area (Å²) in [6.45, 7) is 7.47. The first-order valence-corrected chi connectivity index (χ1v) is 9.10. The van der Waals surface area contributed by atoms with E-state index in [0.29, 0.717) is 12.2 Å². The van der Waals surface area contributed by atoms with Gasteiger partial charge in [0.15, 0.2) is 0 Å². The molecule has 0 aliphatic carbocycles. The Kier molecular flexibility index (Phi) is 6.98. The van der Waals surface area contributed by atoms with Crippen LogP contribution in [-0.4, -0.2) is 36.2 Å². The minimum absolute atomic E-state index is 0. The van der Waals surface area contributed by atoms with E-state index in [1.807, 2.05) is 6.92 Å². The molecule has 3 heterocycles. The van der Waals surface area contributed by atoms with Crippen molar-refractivity contribution in [1.82, 2.24) is 4.90 Å². The van der Waals surface area contributed by atoms with Crippen molar-refractivity contribution < 1.29 is 9.15 Å². The maximum atomic E-state index is 12.0. The molecule has 0 saturated carbocycles. The minimum atomic E-state index is -0.270. The van der Waals surface area contributed by atoms with Gasteiger partial charge < -0.3 is 14.9 Å². The van der Waals surface area contributed by atoms with Crippen molar-refractivity contribution in [2.45, 2.75) is 51.3 Å². The quantitative estimate of drug-likeness (QED) is 0.763. The van der Waals surface area contributed by atoms with Gasteiger partial charge in [0.05, 0.1) is 12.2 Å². The smallest absolute Gasteiger partial charge is 0.336 e. The number of ether oxygens (including phenoxy) is 1. The Labute approximate surface area is 172 Å². The summed E-state index contributed by atoms with van der Waals surface area (Å²) < 4.78 is 11.5. The van der Waals surface area contributed by atoms with Gasteiger partial charge in [-0.3, -0.25) is 4.90 Å². The summed E-state index contributed by atoms with van der Waals surface area (Å²) in [7, 11) is 0. The highest BCUT2D eigenvalue weighted by molar-refractivity contribution is 5.85. The predicted octanol–water partition coefficient (Wildman–Crippen LogP) is 3.34. The lowest BCUT2D eigenvalue weighted by Gasteiger charge is -2.38. The molecule has 2 aromatic rings. The Bertz CT molecular complexity index is 860. The van der Waals surface area contributed by atoms with Gasteiger partial charge in [-0.15, -0.1) is 24.8 Å². The van der Waals surface area contributed by atoms with Crippen LogP contribution in [0.5, 0.6) is 0 Å². The van der Waals surface area contributed by atoms with E-state index in [-0.39, 0.29) is 42.1 Å². The van der Waals surface area contributed by atoms with Crippen molar-refractivity contribution in [2.75, 3.05) is 19.7 Å². The summed E-state index contributed by atoms with van der Waals surface area (Å²) in [5, 5.41) is 1.05. The molecule has 0 bridgehead atoms. The molecule has 1 atom stereocenters.